The predicted octanol–water partition coefficient (Wildman–Crippen LogP) is 0.697. The van der Waals surface area contributed by atoms with Crippen LogP contribution in [0, 0.1) is 0 Å². The molecule has 0 aliphatic carbocycles. The SMILES string of the molecule is O=Pc1cccnc1C(=O)O. The molecule has 0 saturated heterocycles. The van der Waals surface area contributed by atoms with Gasteiger partial charge in [0, 0.05) is 6.20 Å². The van der Waals surface area contributed by atoms with Gasteiger partial charge in [0.15, 0.2) is 14.2 Å². The molecule has 0 saturated carbocycles. The summed E-state index contributed by atoms with van der Waals surface area (Å²) in [6, 6.07) is 2.98. The van der Waals surface area contributed by atoms with Crippen LogP contribution in [0.2, 0.25) is 0 Å². The van der Waals surface area contributed by atoms with E-state index in [1.54, 1.807) is 0 Å². The third kappa shape index (κ3) is 1.59. The molecule has 0 radical (unpaired) electrons. The van der Waals surface area contributed by atoms with Crippen molar-refractivity contribution in [3.63, 3.8) is 0 Å². The van der Waals surface area contributed by atoms with E-state index < -0.39 is 5.97 Å². The second-order valence-electron chi connectivity index (χ2n) is 1.77. The molecule has 0 atom stereocenters. The third-order valence-corrected chi connectivity index (χ3v) is 1.64. The summed E-state index contributed by atoms with van der Waals surface area (Å²) in [6.07, 6.45) is 1.35. The summed E-state index contributed by atoms with van der Waals surface area (Å²) in [5, 5.41) is 8.69. The van der Waals surface area contributed by atoms with Crippen LogP contribution in [-0.4, -0.2) is 16.1 Å². The minimum Gasteiger partial charge on any atom is -0.476 e. The third-order valence-electron chi connectivity index (χ3n) is 1.09. The van der Waals surface area contributed by atoms with Crippen LogP contribution in [0.25, 0.3) is 0 Å². The fourth-order valence-electron chi connectivity index (χ4n) is 0.635. The minimum absolute atomic E-state index is 0.163. The summed E-state index contributed by atoms with van der Waals surface area (Å²) in [5.41, 5.74) is -0.163. The Bertz CT molecular complexity index is 300. The van der Waals surface area contributed by atoms with E-state index in [0.29, 0.717) is 0 Å². The molecular weight excluding hydrogens is 165 g/mol. The molecule has 4 nitrogen and oxygen atoms in total. The lowest BCUT2D eigenvalue weighted by atomic mass is 10.3. The van der Waals surface area contributed by atoms with Gasteiger partial charge in [-0.05, 0) is 12.1 Å². The number of carboxylic acid groups (broad SMARTS) is 1. The van der Waals surface area contributed by atoms with Crippen LogP contribution >= 0.6 is 8.46 Å². The number of aromatic carboxylic acids is 1. The van der Waals surface area contributed by atoms with Crippen molar-refractivity contribution in [3.8, 4) is 0 Å². The molecule has 1 heterocycles. The zero-order valence-electron chi connectivity index (χ0n) is 5.39. The summed E-state index contributed by atoms with van der Waals surface area (Å²) in [5.74, 6) is -1.16. The van der Waals surface area contributed by atoms with Gasteiger partial charge >= 0.3 is 5.97 Å². The first-order valence-electron chi connectivity index (χ1n) is 2.77. The predicted molar refractivity (Wildman–Crippen MR) is 38.4 cm³/mol. The molecule has 1 aromatic rings. The van der Waals surface area contributed by atoms with Crippen molar-refractivity contribution < 1.29 is 14.5 Å². The normalized spacial score (nSPS) is 9.82. The van der Waals surface area contributed by atoms with Gasteiger partial charge in [-0.25, -0.2) is 9.78 Å². The van der Waals surface area contributed by atoms with Crippen LogP contribution < -0.4 is 5.30 Å². The molecule has 0 aliphatic heterocycles. The van der Waals surface area contributed by atoms with E-state index in [4.69, 9.17) is 5.11 Å². The zero-order chi connectivity index (χ0) is 8.27. The molecule has 0 aliphatic rings. The molecule has 0 amide bonds. The lowest BCUT2D eigenvalue weighted by Gasteiger charge is -1.93. The van der Waals surface area contributed by atoms with E-state index in [1.807, 2.05) is 0 Å². The Kier molecular flexibility index (Phi) is 2.28. The first-order valence-corrected chi connectivity index (χ1v) is 3.58. The zero-order valence-corrected chi connectivity index (χ0v) is 6.28. The van der Waals surface area contributed by atoms with Gasteiger partial charge in [-0.2, -0.15) is 0 Å². The first kappa shape index (κ1) is 7.82. The largest absolute Gasteiger partial charge is 0.476 e. The Morgan fingerprint density at radius 1 is 1.64 bits per heavy atom. The molecule has 0 bridgehead atoms. The Balaban J connectivity index is 3.22. The topological polar surface area (TPSA) is 67.3 Å². The van der Waals surface area contributed by atoms with Crippen molar-refractivity contribution in [2.24, 2.45) is 0 Å². The van der Waals surface area contributed by atoms with Crippen molar-refractivity contribution in [2.75, 3.05) is 0 Å². The van der Waals surface area contributed by atoms with Crippen molar-refractivity contribution in [3.05, 3.63) is 24.0 Å². The molecule has 11 heavy (non-hydrogen) atoms. The smallest absolute Gasteiger partial charge is 0.355 e. The highest BCUT2D eigenvalue weighted by Gasteiger charge is 2.09. The quantitative estimate of drug-likeness (QED) is 0.661. The van der Waals surface area contributed by atoms with E-state index in [9.17, 15) is 9.36 Å². The van der Waals surface area contributed by atoms with Crippen molar-refractivity contribution in [2.45, 2.75) is 0 Å². The number of aromatic nitrogens is 1. The van der Waals surface area contributed by atoms with Gasteiger partial charge in [-0.1, -0.05) is 0 Å². The summed E-state index contributed by atoms with van der Waals surface area (Å²) >= 11 is 0. The highest BCUT2D eigenvalue weighted by atomic mass is 31.1. The standard InChI is InChI=1S/C6H4NO3P/c8-6(9)5-4(11-10)2-1-3-7-5/h1-3H,(H,8,9). The molecule has 0 aromatic carbocycles. The molecule has 1 aromatic heterocycles. The number of pyridine rings is 1. The number of carbonyl (C=O) groups is 1. The first-order chi connectivity index (χ1) is 5.25. The van der Waals surface area contributed by atoms with Crippen molar-refractivity contribution >= 4 is 19.7 Å². The van der Waals surface area contributed by atoms with Gasteiger partial charge in [-0.3, -0.25) is 4.57 Å². The van der Waals surface area contributed by atoms with Crippen LogP contribution in [0.15, 0.2) is 18.3 Å². The van der Waals surface area contributed by atoms with Crippen LogP contribution in [0.1, 0.15) is 10.5 Å². The van der Waals surface area contributed by atoms with E-state index in [2.05, 4.69) is 4.98 Å². The highest BCUT2D eigenvalue weighted by Crippen LogP contribution is 1.99. The van der Waals surface area contributed by atoms with Crippen LogP contribution in [0.5, 0.6) is 0 Å². The van der Waals surface area contributed by atoms with E-state index in [-0.39, 0.29) is 19.5 Å². The summed E-state index contributed by atoms with van der Waals surface area (Å²) in [6.45, 7) is 0. The molecular formula is C6H4NO3P. The molecule has 0 unspecified atom stereocenters. The Morgan fingerprint density at radius 3 is 2.82 bits per heavy atom. The average Bonchev–Trinajstić information content (AvgIpc) is 2.04. The molecule has 56 valence electrons. The fourth-order valence-corrected chi connectivity index (χ4v) is 1.02. The Morgan fingerprint density at radius 2 is 2.36 bits per heavy atom. The second kappa shape index (κ2) is 3.21. The maximum absolute atomic E-state index is 10.4. The van der Waals surface area contributed by atoms with E-state index >= 15 is 0 Å². The minimum atomic E-state index is -1.16. The molecule has 1 N–H and O–H groups in total. The van der Waals surface area contributed by atoms with Gasteiger partial charge in [0.1, 0.15) is 0 Å². The van der Waals surface area contributed by atoms with Gasteiger partial charge < -0.3 is 5.11 Å². The number of rotatable bonds is 2. The summed E-state index contributed by atoms with van der Waals surface area (Å²) < 4.78 is 10.3. The number of hydrogen-bond acceptors (Lipinski definition) is 3. The monoisotopic (exact) mass is 169 g/mol. The van der Waals surface area contributed by atoms with E-state index in [0.717, 1.165) is 0 Å². The van der Waals surface area contributed by atoms with E-state index in [1.165, 1.54) is 18.3 Å². The maximum atomic E-state index is 10.4. The van der Waals surface area contributed by atoms with Gasteiger partial charge in [0.05, 0.1) is 5.30 Å². The Hall–Kier alpha value is -1.28. The second-order valence-corrected chi connectivity index (χ2v) is 2.43. The van der Waals surface area contributed by atoms with Gasteiger partial charge in [0.2, 0.25) is 0 Å². The van der Waals surface area contributed by atoms with Crippen LogP contribution in [0.4, 0.5) is 0 Å². The lowest BCUT2D eigenvalue weighted by Crippen LogP contribution is -2.11. The van der Waals surface area contributed by atoms with Crippen molar-refractivity contribution in [1.29, 1.82) is 0 Å². The number of carboxylic acids is 1. The number of nitrogens with zero attached hydrogens (tertiary/aromatic N) is 1. The average molecular weight is 169 g/mol. The maximum Gasteiger partial charge on any atom is 0.355 e. The Labute approximate surface area is 64.1 Å². The molecule has 1 rings (SSSR count). The molecule has 5 heteroatoms. The number of hydrogen-bond donors (Lipinski definition) is 1. The lowest BCUT2D eigenvalue weighted by molar-refractivity contribution is 0.0692. The highest BCUT2D eigenvalue weighted by molar-refractivity contribution is 7.34. The summed E-state index contributed by atoms with van der Waals surface area (Å²) in [4.78, 5) is 13.9. The van der Waals surface area contributed by atoms with Crippen LogP contribution in [-0.2, 0) is 4.57 Å². The molecule has 0 spiro atoms. The van der Waals surface area contributed by atoms with Gasteiger partial charge in [0.25, 0.3) is 0 Å². The van der Waals surface area contributed by atoms with Crippen molar-refractivity contribution in [1.82, 2.24) is 4.98 Å². The summed E-state index contributed by atoms with van der Waals surface area (Å²) in [7, 11) is -0.321. The van der Waals surface area contributed by atoms with Gasteiger partial charge in [-0.15, -0.1) is 0 Å². The van der Waals surface area contributed by atoms with Crippen LogP contribution in [0.3, 0.4) is 0 Å². The fraction of sp³-hybridized carbons (Fsp3) is 0. The molecule has 0 fully saturated rings.